The van der Waals surface area contributed by atoms with Crippen molar-refractivity contribution in [2.45, 2.75) is 51.0 Å². The minimum atomic E-state index is 0.0469. The summed E-state index contributed by atoms with van der Waals surface area (Å²) in [6.45, 7) is 6.33. The number of thioether (sulfide) groups is 1. The molecule has 3 heteroatoms. The summed E-state index contributed by atoms with van der Waals surface area (Å²) in [5.41, 5.74) is 1.99. The topological polar surface area (TPSA) is 29.1 Å². The molecule has 1 aromatic rings. The first-order valence-corrected chi connectivity index (χ1v) is 7.80. The standard InChI is InChI=1S/C15H23NOS/c1-5-7-13(6-2)16-15(17)12-9-8-11(3)14(10-12)18-4/h8-10,13H,5-7H2,1-4H3,(H,16,17). The molecule has 18 heavy (non-hydrogen) atoms. The van der Waals surface area contributed by atoms with Gasteiger partial charge in [0.1, 0.15) is 0 Å². The molecule has 1 rings (SSSR count). The van der Waals surface area contributed by atoms with Crippen LogP contribution in [0, 0.1) is 6.92 Å². The Kier molecular flexibility index (Phi) is 6.27. The second-order valence-electron chi connectivity index (χ2n) is 4.55. The smallest absolute Gasteiger partial charge is 0.251 e. The van der Waals surface area contributed by atoms with Crippen molar-refractivity contribution in [1.82, 2.24) is 5.32 Å². The molecule has 0 aromatic heterocycles. The lowest BCUT2D eigenvalue weighted by molar-refractivity contribution is 0.0933. The van der Waals surface area contributed by atoms with Crippen molar-refractivity contribution in [2.24, 2.45) is 0 Å². The first-order chi connectivity index (χ1) is 8.62. The van der Waals surface area contributed by atoms with Gasteiger partial charge in [0.25, 0.3) is 5.91 Å². The monoisotopic (exact) mass is 265 g/mol. The maximum Gasteiger partial charge on any atom is 0.251 e. The lowest BCUT2D eigenvalue weighted by atomic mass is 10.1. The van der Waals surface area contributed by atoms with Gasteiger partial charge in [-0.3, -0.25) is 4.79 Å². The second-order valence-corrected chi connectivity index (χ2v) is 5.40. The maximum absolute atomic E-state index is 12.1. The van der Waals surface area contributed by atoms with Gasteiger partial charge in [-0.25, -0.2) is 0 Å². The van der Waals surface area contributed by atoms with E-state index in [1.54, 1.807) is 11.8 Å². The zero-order valence-electron chi connectivity index (χ0n) is 11.7. The predicted molar refractivity (Wildman–Crippen MR) is 79.4 cm³/mol. The summed E-state index contributed by atoms with van der Waals surface area (Å²) < 4.78 is 0. The number of carbonyl (C=O) groups excluding carboxylic acids is 1. The van der Waals surface area contributed by atoms with E-state index in [2.05, 4.69) is 26.1 Å². The number of amides is 1. The molecule has 0 heterocycles. The molecule has 1 atom stereocenters. The van der Waals surface area contributed by atoms with Gasteiger partial charge in [-0.2, -0.15) is 0 Å². The molecule has 0 radical (unpaired) electrons. The van der Waals surface area contributed by atoms with Crippen LogP contribution in [0.25, 0.3) is 0 Å². The van der Waals surface area contributed by atoms with Crippen LogP contribution < -0.4 is 5.32 Å². The Hall–Kier alpha value is -0.960. The van der Waals surface area contributed by atoms with E-state index in [0.29, 0.717) is 6.04 Å². The summed E-state index contributed by atoms with van der Waals surface area (Å²) >= 11 is 1.68. The van der Waals surface area contributed by atoms with Crippen LogP contribution in [0.1, 0.15) is 49.0 Å². The molecule has 2 nitrogen and oxygen atoms in total. The average molecular weight is 265 g/mol. The van der Waals surface area contributed by atoms with Crippen molar-refractivity contribution in [3.8, 4) is 0 Å². The molecule has 0 fully saturated rings. The summed E-state index contributed by atoms with van der Waals surface area (Å²) in [6, 6.07) is 6.19. The molecule has 0 aliphatic carbocycles. The molecule has 0 saturated carbocycles. The zero-order valence-corrected chi connectivity index (χ0v) is 12.6. The van der Waals surface area contributed by atoms with E-state index in [-0.39, 0.29) is 5.91 Å². The Morgan fingerprint density at radius 3 is 2.67 bits per heavy atom. The molecule has 1 N–H and O–H groups in total. The van der Waals surface area contributed by atoms with Crippen molar-refractivity contribution in [1.29, 1.82) is 0 Å². The number of benzene rings is 1. The van der Waals surface area contributed by atoms with Crippen molar-refractivity contribution in [3.63, 3.8) is 0 Å². The normalized spacial score (nSPS) is 12.2. The third-order valence-electron chi connectivity index (χ3n) is 3.14. The molecule has 0 spiro atoms. The van der Waals surface area contributed by atoms with E-state index in [9.17, 15) is 4.79 Å². The summed E-state index contributed by atoms with van der Waals surface area (Å²) in [4.78, 5) is 13.3. The van der Waals surface area contributed by atoms with E-state index >= 15 is 0 Å². The number of nitrogens with one attached hydrogen (secondary N) is 1. The summed E-state index contributed by atoms with van der Waals surface area (Å²) in [7, 11) is 0. The summed E-state index contributed by atoms with van der Waals surface area (Å²) in [5.74, 6) is 0.0469. The Morgan fingerprint density at radius 2 is 2.11 bits per heavy atom. The van der Waals surface area contributed by atoms with E-state index in [1.807, 2.05) is 24.5 Å². The number of carbonyl (C=O) groups is 1. The zero-order chi connectivity index (χ0) is 13.5. The molecule has 0 aliphatic rings. The Morgan fingerprint density at radius 1 is 1.39 bits per heavy atom. The Balaban J connectivity index is 2.77. The summed E-state index contributed by atoms with van der Waals surface area (Å²) in [6.07, 6.45) is 5.17. The van der Waals surface area contributed by atoms with Crippen LogP contribution in [0.15, 0.2) is 23.1 Å². The molecule has 0 bridgehead atoms. The van der Waals surface area contributed by atoms with Gasteiger partial charge in [-0.05, 0) is 43.7 Å². The molecule has 1 aromatic carbocycles. The van der Waals surface area contributed by atoms with Crippen LogP contribution in [0.5, 0.6) is 0 Å². The van der Waals surface area contributed by atoms with Gasteiger partial charge in [0.2, 0.25) is 0 Å². The lowest BCUT2D eigenvalue weighted by Crippen LogP contribution is -2.34. The van der Waals surface area contributed by atoms with Crippen molar-refractivity contribution in [2.75, 3.05) is 6.26 Å². The second kappa shape index (κ2) is 7.47. The molecular weight excluding hydrogens is 242 g/mol. The van der Waals surface area contributed by atoms with Gasteiger partial charge in [-0.15, -0.1) is 11.8 Å². The Bertz CT molecular complexity index is 403. The molecule has 1 amide bonds. The van der Waals surface area contributed by atoms with Crippen molar-refractivity contribution < 1.29 is 4.79 Å². The number of hydrogen-bond acceptors (Lipinski definition) is 2. The van der Waals surface area contributed by atoms with Crippen LogP contribution in [0.2, 0.25) is 0 Å². The van der Waals surface area contributed by atoms with Crippen LogP contribution >= 0.6 is 11.8 Å². The predicted octanol–water partition coefficient (Wildman–Crippen LogP) is 4.03. The third kappa shape index (κ3) is 4.05. The largest absolute Gasteiger partial charge is 0.349 e. The molecule has 0 aliphatic heterocycles. The van der Waals surface area contributed by atoms with Gasteiger partial charge in [-0.1, -0.05) is 26.3 Å². The molecule has 100 valence electrons. The SMILES string of the molecule is CCCC(CC)NC(=O)c1ccc(C)c(SC)c1. The van der Waals surface area contributed by atoms with E-state index in [1.165, 1.54) is 10.5 Å². The fraction of sp³-hybridized carbons (Fsp3) is 0.533. The highest BCUT2D eigenvalue weighted by Gasteiger charge is 2.12. The first kappa shape index (κ1) is 15.1. The van der Waals surface area contributed by atoms with E-state index < -0.39 is 0 Å². The van der Waals surface area contributed by atoms with Gasteiger partial charge in [0, 0.05) is 16.5 Å². The fourth-order valence-electron chi connectivity index (χ4n) is 1.96. The average Bonchev–Trinajstić information content (AvgIpc) is 2.38. The van der Waals surface area contributed by atoms with Crippen molar-refractivity contribution >= 4 is 17.7 Å². The Labute approximate surface area is 115 Å². The van der Waals surface area contributed by atoms with Crippen LogP contribution in [0.4, 0.5) is 0 Å². The van der Waals surface area contributed by atoms with Gasteiger partial charge < -0.3 is 5.32 Å². The fourth-order valence-corrected chi connectivity index (χ4v) is 2.59. The third-order valence-corrected chi connectivity index (χ3v) is 4.02. The van der Waals surface area contributed by atoms with Crippen LogP contribution in [-0.2, 0) is 0 Å². The van der Waals surface area contributed by atoms with E-state index in [0.717, 1.165) is 24.8 Å². The highest BCUT2D eigenvalue weighted by molar-refractivity contribution is 7.98. The lowest BCUT2D eigenvalue weighted by Gasteiger charge is -2.16. The molecule has 1 unspecified atom stereocenters. The van der Waals surface area contributed by atoms with Gasteiger partial charge in [0.15, 0.2) is 0 Å². The van der Waals surface area contributed by atoms with Crippen LogP contribution in [0.3, 0.4) is 0 Å². The minimum absolute atomic E-state index is 0.0469. The quantitative estimate of drug-likeness (QED) is 0.787. The first-order valence-electron chi connectivity index (χ1n) is 6.57. The number of rotatable bonds is 6. The number of hydrogen-bond donors (Lipinski definition) is 1. The summed E-state index contributed by atoms with van der Waals surface area (Å²) in [5, 5.41) is 3.11. The molecule has 0 saturated heterocycles. The highest BCUT2D eigenvalue weighted by Crippen LogP contribution is 2.21. The van der Waals surface area contributed by atoms with Crippen molar-refractivity contribution in [3.05, 3.63) is 29.3 Å². The van der Waals surface area contributed by atoms with Gasteiger partial charge >= 0.3 is 0 Å². The van der Waals surface area contributed by atoms with Crippen LogP contribution in [-0.4, -0.2) is 18.2 Å². The van der Waals surface area contributed by atoms with E-state index in [4.69, 9.17) is 0 Å². The highest BCUT2D eigenvalue weighted by atomic mass is 32.2. The van der Waals surface area contributed by atoms with Gasteiger partial charge in [0.05, 0.1) is 0 Å². The molecular formula is C15H23NOS. The minimum Gasteiger partial charge on any atom is -0.349 e. The maximum atomic E-state index is 12.1. The number of aryl methyl sites for hydroxylation is 1.